The number of rotatable bonds is 3. The molecule has 90 valence electrons. The van der Waals surface area contributed by atoms with E-state index in [-0.39, 0.29) is 18.4 Å². The Morgan fingerprint density at radius 3 is 2.62 bits per heavy atom. The van der Waals surface area contributed by atoms with Crippen LogP contribution in [0.1, 0.15) is 6.92 Å². The Balaban J connectivity index is 2.65. The Morgan fingerprint density at radius 2 is 2.12 bits per heavy atom. The fraction of sp³-hybridized carbons (Fsp3) is 0.667. The van der Waals surface area contributed by atoms with Crippen LogP contribution in [-0.2, 0) is 14.4 Å². The summed E-state index contributed by atoms with van der Waals surface area (Å²) in [6.07, 6.45) is 0. The quantitative estimate of drug-likeness (QED) is 0.723. The van der Waals surface area contributed by atoms with Crippen molar-refractivity contribution in [1.82, 2.24) is 9.80 Å². The van der Waals surface area contributed by atoms with Crippen molar-refractivity contribution in [2.45, 2.75) is 13.0 Å². The average Bonchev–Trinajstić information content (AvgIpc) is 2.63. The molecule has 1 aliphatic heterocycles. The summed E-state index contributed by atoms with van der Waals surface area (Å²) in [6.45, 7) is 1.06. The molecule has 0 radical (unpaired) electrons. The number of carboxylic acids is 1. The Hall–Kier alpha value is -1.24. The van der Waals surface area contributed by atoms with Gasteiger partial charge in [-0.2, -0.15) is 0 Å². The molecule has 0 aromatic rings. The molecule has 1 aliphatic rings. The highest BCUT2D eigenvalue weighted by Gasteiger charge is 2.34. The summed E-state index contributed by atoms with van der Waals surface area (Å²) in [5.74, 6) is -0.514. The molecule has 0 aromatic carbocycles. The molecule has 0 spiro atoms. The molecule has 1 rings (SSSR count). The van der Waals surface area contributed by atoms with E-state index in [4.69, 9.17) is 5.11 Å². The van der Waals surface area contributed by atoms with E-state index in [0.717, 1.165) is 4.90 Å². The van der Waals surface area contributed by atoms with Gasteiger partial charge in [-0.15, -0.1) is 11.8 Å². The monoisotopic (exact) mass is 246 g/mol. The standard InChI is InChI=1S/C9H14N2O4S/c1-6(12)11-5-16-4-7(11)9(15)10(2)3-8(13)14/h7H,3-5H2,1-2H3,(H,13,14). The van der Waals surface area contributed by atoms with Gasteiger partial charge in [0.05, 0.1) is 5.88 Å². The van der Waals surface area contributed by atoms with Crippen LogP contribution in [0.5, 0.6) is 0 Å². The number of thioether (sulfide) groups is 1. The smallest absolute Gasteiger partial charge is 0.323 e. The average molecular weight is 246 g/mol. The van der Waals surface area contributed by atoms with E-state index in [9.17, 15) is 14.4 Å². The first-order valence-corrected chi connectivity index (χ1v) is 5.90. The molecule has 1 fully saturated rings. The van der Waals surface area contributed by atoms with E-state index in [1.54, 1.807) is 0 Å². The molecule has 0 saturated carbocycles. The molecule has 16 heavy (non-hydrogen) atoms. The summed E-state index contributed by atoms with van der Waals surface area (Å²) in [6, 6.07) is -0.521. The Kier molecular flexibility index (Phi) is 4.17. The number of hydrogen-bond acceptors (Lipinski definition) is 4. The second kappa shape index (κ2) is 5.20. The van der Waals surface area contributed by atoms with Gasteiger partial charge < -0.3 is 14.9 Å². The third-order valence-electron chi connectivity index (χ3n) is 2.32. The predicted molar refractivity (Wildman–Crippen MR) is 58.9 cm³/mol. The number of likely N-dealkylation sites (N-methyl/N-ethyl adjacent to an activating group) is 1. The molecule has 6 nitrogen and oxygen atoms in total. The maximum Gasteiger partial charge on any atom is 0.323 e. The highest BCUT2D eigenvalue weighted by atomic mass is 32.2. The molecule has 7 heteroatoms. The number of aliphatic carboxylic acids is 1. The van der Waals surface area contributed by atoms with Gasteiger partial charge in [0.25, 0.3) is 0 Å². The molecular weight excluding hydrogens is 232 g/mol. The van der Waals surface area contributed by atoms with Crippen LogP contribution in [0.2, 0.25) is 0 Å². The van der Waals surface area contributed by atoms with Crippen molar-refractivity contribution in [2.75, 3.05) is 25.2 Å². The third-order valence-corrected chi connectivity index (χ3v) is 3.33. The topological polar surface area (TPSA) is 77.9 Å². The SMILES string of the molecule is CC(=O)N1CSCC1C(=O)N(C)CC(=O)O. The van der Waals surface area contributed by atoms with Gasteiger partial charge in [0, 0.05) is 19.7 Å². The maximum atomic E-state index is 11.9. The van der Waals surface area contributed by atoms with Crippen molar-refractivity contribution >= 4 is 29.5 Å². The summed E-state index contributed by atoms with van der Waals surface area (Å²) in [5, 5.41) is 8.57. The summed E-state index contributed by atoms with van der Waals surface area (Å²) in [5.41, 5.74) is 0. The lowest BCUT2D eigenvalue weighted by molar-refractivity contribution is -0.147. The molecule has 1 atom stereocenters. The maximum absolute atomic E-state index is 11.9. The normalized spacial score (nSPS) is 19.6. The summed E-state index contributed by atoms with van der Waals surface area (Å²) >= 11 is 1.49. The first kappa shape index (κ1) is 12.8. The molecule has 0 aromatic heterocycles. The minimum atomic E-state index is -1.06. The summed E-state index contributed by atoms with van der Waals surface area (Å²) in [4.78, 5) is 36.1. The molecule has 1 saturated heterocycles. The number of amides is 2. The lowest BCUT2D eigenvalue weighted by Crippen LogP contribution is -2.48. The van der Waals surface area contributed by atoms with Gasteiger partial charge in [-0.1, -0.05) is 0 Å². The zero-order chi connectivity index (χ0) is 12.3. The van der Waals surface area contributed by atoms with Crippen LogP contribution in [0.15, 0.2) is 0 Å². The Labute approximate surface area is 97.6 Å². The van der Waals surface area contributed by atoms with Crippen LogP contribution < -0.4 is 0 Å². The number of hydrogen-bond donors (Lipinski definition) is 1. The van der Waals surface area contributed by atoms with Crippen molar-refractivity contribution in [3.63, 3.8) is 0 Å². The minimum absolute atomic E-state index is 0.160. The van der Waals surface area contributed by atoms with E-state index < -0.39 is 12.0 Å². The zero-order valence-corrected chi connectivity index (χ0v) is 9.99. The lowest BCUT2D eigenvalue weighted by atomic mass is 10.2. The van der Waals surface area contributed by atoms with E-state index >= 15 is 0 Å². The number of carboxylic acid groups (broad SMARTS) is 1. The fourth-order valence-electron chi connectivity index (χ4n) is 1.49. The van der Waals surface area contributed by atoms with Gasteiger partial charge >= 0.3 is 5.97 Å². The van der Waals surface area contributed by atoms with Gasteiger partial charge in [-0.3, -0.25) is 14.4 Å². The van der Waals surface area contributed by atoms with E-state index in [0.29, 0.717) is 11.6 Å². The first-order valence-electron chi connectivity index (χ1n) is 4.75. The Morgan fingerprint density at radius 1 is 1.50 bits per heavy atom. The van der Waals surface area contributed by atoms with Crippen LogP contribution >= 0.6 is 11.8 Å². The van der Waals surface area contributed by atoms with E-state index in [1.807, 2.05) is 0 Å². The van der Waals surface area contributed by atoms with Crippen molar-refractivity contribution < 1.29 is 19.5 Å². The zero-order valence-electron chi connectivity index (χ0n) is 9.17. The van der Waals surface area contributed by atoms with Crippen molar-refractivity contribution in [3.05, 3.63) is 0 Å². The van der Waals surface area contributed by atoms with Crippen LogP contribution in [0, 0.1) is 0 Å². The second-order valence-corrected chi connectivity index (χ2v) is 4.59. The third kappa shape index (κ3) is 2.88. The second-order valence-electron chi connectivity index (χ2n) is 3.59. The number of carbonyl (C=O) groups is 3. The summed E-state index contributed by atoms with van der Waals surface area (Å²) in [7, 11) is 1.43. The number of carbonyl (C=O) groups excluding carboxylic acids is 2. The van der Waals surface area contributed by atoms with Crippen LogP contribution in [-0.4, -0.2) is 64.0 Å². The first-order chi connectivity index (χ1) is 7.43. The van der Waals surface area contributed by atoms with Crippen molar-refractivity contribution in [2.24, 2.45) is 0 Å². The van der Waals surface area contributed by atoms with E-state index in [2.05, 4.69) is 0 Å². The molecule has 1 heterocycles. The van der Waals surface area contributed by atoms with Crippen LogP contribution in [0.4, 0.5) is 0 Å². The molecule has 2 amide bonds. The van der Waals surface area contributed by atoms with Crippen molar-refractivity contribution in [1.29, 1.82) is 0 Å². The van der Waals surface area contributed by atoms with Gasteiger partial charge in [-0.25, -0.2) is 0 Å². The van der Waals surface area contributed by atoms with Gasteiger partial charge in [0.1, 0.15) is 12.6 Å². The van der Waals surface area contributed by atoms with E-state index in [1.165, 1.54) is 30.6 Å². The molecular formula is C9H14N2O4S. The van der Waals surface area contributed by atoms with Crippen LogP contribution in [0.25, 0.3) is 0 Å². The van der Waals surface area contributed by atoms with Gasteiger partial charge in [-0.05, 0) is 0 Å². The largest absolute Gasteiger partial charge is 0.480 e. The molecule has 0 bridgehead atoms. The van der Waals surface area contributed by atoms with Crippen LogP contribution in [0.3, 0.4) is 0 Å². The fourth-order valence-corrected chi connectivity index (χ4v) is 2.70. The highest BCUT2D eigenvalue weighted by molar-refractivity contribution is 7.99. The lowest BCUT2D eigenvalue weighted by Gasteiger charge is -2.25. The predicted octanol–water partition coefficient (Wildman–Crippen LogP) is -0.549. The minimum Gasteiger partial charge on any atom is -0.480 e. The molecule has 1 N–H and O–H groups in total. The molecule has 1 unspecified atom stereocenters. The van der Waals surface area contributed by atoms with Crippen molar-refractivity contribution in [3.8, 4) is 0 Å². The molecule has 0 aliphatic carbocycles. The summed E-state index contributed by atoms with van der Waals surface area (Å²) < 4.78 is 0. The Bertz CT molecular complexity index is 321. The van der Waals surface area contributed by atoms with Gasteiger partial charge in [0.2, 0.25) is 11.8 Å². The van der Waals surface area contributed by atoms with Gasteiger partial charge in [0.15, 0.2) is 0 Å². The number of nitrogens with zero attached hydrogens (tertiary/aromatic N) is 2. The highest BCUT2D eigenvalue weighted by Crippen LogP contribution is 2.22.